The Labute approximate surface area is 120 Å². The van der Waals surface area contributed by atoms with Crippen LogP contribution in [0.25, 0.3) is 0 Å². The van der Waals surface area contributed by atoms with Gasteiger partial charge in [-0.1, -0.05) is 57.0 Å². The molecule has 0 aliphatic rings. The molecule has 0 amide bonds. The Morgan fingerprint density at radius 1 is 1.10 bits per heavy atom. The molecule has 20 heavy (non-hydrogen) atoms. The summed E-state index contributed by atoms with van der Waals surface area (Å²) in [5.74, 6) is 0.684. The molecule has 0 radical (unpaired) electrons. The molecule has 2 aromatic rings. The van der Waals surface area contributed by atoms with Gasteiger partial charge in [0.05, 0.1) is 6.61 Å². The molecule has 2 aromatic carbocycles. The first-order chi connectivity index (χ1) is 9.58. The lowest BCUT2D eigenvalue weighted by molar-refractivity contribution is 0.294. The Morgan fingerprint density at radius 2 is 1.80 bits per heavy atom. The fraction of sp³-hybridized carbons (Fsp3) is 0.294. The third-order valence-electron chi connectivity index (χ3n) is 3.46. The van der Waals surface area contributed by atoms with E-state index in [0.717, 1.165) is 5.46 Å². The van der Waals surface area contributed by atoms with Gasteiger partial charge in [-0.3, -0.25) is 0 Å². The summed E-state index contributed by atoms with van der Waals surface area (Å²) in [6.07, 6.45) is 0. The van der Waals surface area contributed by atoms with Gasteiger partial charge in [0, 0.05) is 12.0 Å². The van der Waals surface area contributed by atoms with E-state index in [-0.39, 0.29) is 18.4 Å². The molecule has 0 spiro atoms. The molecule has 1 atom stereocenters. The van der Waals surface area contributed by atoms with E-state index in [2.05, 4.69) is 19.1 Å². The van der Waals surface area contributed by atoms with E-state index < -0.39 is 0 Å². The van der Waals surface area contributed by atoms with Gasteiger partial charge in [-0.25, -0.2) is 4.39 Å². The van der Waals surface area contributed by atoms with Crippen molar-refractivity contribution < 1.29 is 9.13 Å². The summed E-state index contributed by atoms with van der Waals surface area (Å²) in [5.41, 5.74) is 1.96. The Hall–Kier alpha value is -1.77. The number of ether oxygens (including phenoxy) is 1. The first-order valence-corrected chi connectivity index (χ1v) is 7.05. The van der Waals surface area contributed by atoms with Gasteiger partial charge < -0.3 is 4.74 Å². The summed E-state index contributed by atoms with van der Waals surface area (Å²) in [7, 11) is 0. The molecule has 0 aliphatic heterocycles. The molecule has 0 bridgehead atoms. The Kier molecular flexibility index (Phi) is 4.83. The van der Waals surface area contributed by atoms with Crippen LogP contribution in [0.5, 0.6) is 5.75 Å². The molecule has 3 heteroatoms. The quantitative estimate of drug-likeness (QED) is 0.747. The SMILES string of the molecule is CB(C)c1ccc(OC[C@H](C)c2ccccc2)cc1F. The van der Waals surface area contributed by atoms with Crippen molar-refractivity contribution in [3.63, 3.8) is 0 Å². The molecule has 0 N–H and O–H groups in total. The van der Waals surface area contributed by atoms with E-state index in [1.54, 1.807) is 0 Å². The van der Waals surface area contributed by atoms with Crippen molar-refractivity contribution in [3.8, 4) is 5.75 Å². The predicted octanol–water partition coefficient (Wildman–Crippen LogP) is 3.97. The van der Waals surface area contributed by atoms with E-state index in [1.165, 1.54) is 11.6 Å². The zero-order chi connectivity index (χ0) is 14.5. The van der Waals surface area contributed by atoms with Crippen molar-refractivity contribution in [3.05, 3.63) is 59.9 Å². The van der Waals surface area contributed by atoms with Crippen LogP contribution >= 0.6 is 0 Å². The van der Waals surface area contributed by atoms with E-state index in [9.17, 15) is 4.39 Å². The van der Waals surface area contributed by atoms with Crippen LogP contribution in [-0.4, -0.2) is 13.3 Å². The summed E-state index contributed by atoms with van der Waals surface area (Å²) < 4.78 is 19.6. The van der Waals surface area contributed by atoms with Gasteiger partial charge in [0.15, 0.2) is 6.71 Å². The summed E-state index contributed by atoms with van der Waals surface area (Å²) in [5, 5.41) is 0. The van der Waals surface area contributed by atoms with Crippen LogP contribution < -0.4 is 10.2 Å². The van der Waals surface area contributed by atoms with Crippen molar-refractivity contribution in [2.24, 2.45) is 0 Å². The Morgan fingerprint density at radius 3 is 2.40 bits per heavy atom. The van der Waals surface area contributed by atoms with E-state index in [0.29, 0.717) is 12.4 Å². The molecule has 0 heterocycles. The van der Waals surface area contributed by atoms with Gasteiger partial charge in [-0.05, 0) is 17.1 Å². The Balaban J connectivity index is 1.99. The van der Waals surface area contributed by atoms with Crippen LogP contribution in [0.3, 0.4) is 0 Å². The van der Waals surface area contributed by atoms with Gasteiger partial charge in [0.1, 0.15) is 11.6 Å². The molecule has 0 saturated heterocycles. The smallest absolute Gasteiger partial charge is 0.173 e. The first kappa shape index (κ1) is 14.6. The van der Waals surface area contributed by atoms with E-state index >= 15 is 0 Å². The maximum atomic E-state index is 13.9. The minimum atomic E-state index is -0.190. The van der Waals surface area contributed by atoms with Crippen molar-refractivity contribution in [1.29, 1.82) is 0 Å². The minimum Gasteiger partial charge on any atom is -0.493 e. The summed E-state index contributed by atoms with van der Waals surface area (Å²) >= 11 is 0. The second kappa shape index (κ2) is 6.60. The normalized spacial score (nSPS) is 12.0. The van der Waals surface area contributed by atoms with Crippen molar-refractivity contribution >= 4 is 12.2 Å². The summed E-state index contributed by atoms with van der Waals surface area (Å²) in [4.78, 5) is 0. The summed E-state index contributed by atoms with van der Waals surface area (Å²) in [6, 6.07) is 15.3. The highest BCUT2D eigenvalue weighted by atomic mass is 19.1. The molecule has 0 aromatic heterocycles. The number of hydrogen-bond acceptors (Lipinski definition) is 1. The van der Waals surface area contributed by atoms with Gasteiger partial charge in [0.25, 0.3) is 0 Å². The molecule has 0 fully saturated rings. The fourth-order valence-corrected chi connectivity index (χ4v) is 2.16. The monoisotopic (exact) mass is 270 g/mol. The molecule has 2 rings (SSSR count). The first-order valence-electron chi connectivity index (χ1n) is 7.05. The standard InChI is InChI=1S/C17H20BFO/c1-13(14-7-5-4-6-8-14)12-20-15-9-10-16(18(2)3)17(19)11-15/h4-11,13H,12H2,1-3H3/t13-/m0/s1. The highest BCUT2D eigenvalue weighted by molar-refractivity contribution is 6.70. The van der Waals surface area contributed by atoms with E-state index in [4.69, 9.17) is 4.74 Å². The van der Waals surface area contributed by atoms with Crippen LogP contribution in [-0.2, 0) is 0 Å². The molecule has 0 aliphatic carbocycles. The largest absolute Gasteiger partial charge is 0.493 e. The average Bonchev–Trinajstić information content (AvgIpc) is 2.45. The number of benzene rings is 2. The van der Waals surface area contributed by atoms with Gasteiger partial charge in [0.2, 0.25) is 0 Å². The van der Waals surface area contributed by atoms with Crippen molar-refractivity contribution in [2.75, 3.05) is 6.61 Å². The lowest BCUT2D eigenvalue weighted by atomic mass is 9.49. The third kappa shape index (κ3) is 3.63. The number of halogens is 1. The molecular weight excluding hydrogens is 250 g/mol. The lowest BCUT2D eigenvalue weighted by Gasteiger charge is -2.14. The molecule has 0 saturated carbocycles. The molecular formula is C17H20BFO. The number of rotatable bonds is 5. The van der Waals surface area contributed by atoms with Crippen LogP contribution in [0.4, 0.5) is 4.39 Å². The van der Waals surface area contributed by atoms with Crippen LogP contribution in [0.1, 0.15) is 18.4 Å². The maximum Gasteiger partial charge on any atom is 0.173 e. The maximum absolute atomic E-state index is 13.9. The lowest BCUT2D eigenvalue weighted by Crippen LogP contribution is -2.26. The van der Waals surface area contributed by atoms with Crippen molar-refractivity contribution in [1.82, 2.24) is 0 Å². The molecule has 1 nitrogen and oxygen atoms in total. The van der Waals surface area contributed by atoms with Crippen LogP contribution in [0.2, 0.25) is 13.6 Å². The van der Waals surface area contributed by atoms with Crippen molar-refractivity contribution in [2.45, 2.75) is 26.5 Å². The van der Waals surface area contributed by atoms with Gasteiger partial charge >= 0.3 is 0 Å². The fourth-order valence-electron chi connectivity index (χ4n) is 2.16. The van der Waals surface area contributed by atoms with E-state index in [1.807, 2.05) is 44.0 Å². The highest BCUT2D eigenvalue weighted by Crippen LogP contribution is 2.18. The topological polar surface area (TPSA) is 9.23 Å². The van der Waals surface area contributed by atoms with Crippen LogP contribution in [0, 0.1) is 5.82 Å². The second-order valence-electron chi connectivity index (χ2n) is 5.46. The third-order valence-corrected chi connectivity index (χ3v) is 3.46. The molecule has 104 valence electrons. The zero-order valence-corrected chi connectivity index (χ0v) is 12.3. The Bertz CT molecular complexity index is 554. The minimum absolute atomic E-state index is 0.187. The summed E-state index contributed by atoms with van der Waals surface area (Å²) in [6.45, 7) is 6.80. The number of hydrogen-bond donors (Lipinski definition) is 0. The highest BCUT2D eigenvalue weighted by Gasteiger charge is 2.11. The van der Waals surface area contributed by atoms with Crippen LogP contribution in [0.15, 0.2) is 48.5 Å². The predicted molar refractivity (Wildman–Crippen MR) is 83.9 cm³/mol. The molecule has 0 unspecified atom stereocenters. The van der Waals surface area contributed by atoms with Gasteiger partial charge in [-0.15, -0.1) is 0 Å². The second-order valence-corrected chi connectivity index (χ2v) is 5.46. The van der Waals surface area contributed by atoms with Gasteiger partial charge in [-0.2, -0.15) is 0 Å². The average molecular weight is 270 g/mol. The zero-order valence-electron chi connectivity index (χ0n) is 12.3.